The standard InChI is InChI=1S/C20H27N3O2S.HI/c1-20(2)15-23(12-13-26(20,24)25)19(21-3)22-11-10-16-8-9-17-6-4-5-7-18(17)14-16;/h4-9,14H,10-13,15H2,1-3H3,(H,21,22);1H. The third-order valence-electron chi connectivity index (χ3n) is 5.07. The van der Waals surface area contributed by atoms with Gasteiger partial charge in [0.15, 0.2) is 15.8 Å². The Hall–Kier alpha value is -1.35. The highest BCUT2D eigenvalue weighted by molar-refractivity contribution is 14.0. The van der Waals surface area contributed by atoms with Crippen molar-refractivity contribution in [2.45, 2.75) is 25.0 Å². The Morgan fingerprint density at radius 2 is 1.89 bits per heavy atom. The van der Waals surface area contributed by atoms with Crippen LogP contribution in [0.4, 0.5) is 0 Å². The number of nitrogens with one attached hydrogen (secondary N) is 1. The maximum absolute atomic E-state index is 12.2. The molecule has 7 heteroatoms. The molecule has 1 aliphatic heterocycles. The van der Waals surface area contributed by atoms with Crippen LogP contribution in [0.25, 0.3) is 10.8 Å². The lowest BCUT2D eigenvalue weighted by Gasteiger charge is -2.39. The fourth-order valence-corrected chi connectivity index (χ4v) is 4.74. The predicted molar refractivity (Wildman–Crippen MR) is 124 cm³/mol. The van der Waals surface area contributed by atoms with Crippen molar-refractivity contribution >= 4 is 50.5 Å². The van der Waals surface area contributed by atoms with E-state index in [-0.39, 0.29) is 29.7 Å². The number of hydrogen-bond donors (Lipinski definition) is 1. The van der Waals surface area contributed by atoms with Gasteiger partial charge in [-0.1, -0.05) is 42.5 Å². The summed E-state index contributed by atoms with van der Waals surface area (Å²) in [6.07, 6.45) is 0.888. The van der Waals surface area contributed by atoms with Gasteiger partial charge in [-0.2, -0.15) is 0 Å². The average molecular weight is 501 g/mol. The lowest BCUT2D eigenvalue weighted by Crippen LogP contribution is -2.57. The number of halogens is 1. The molecule has 0 bridgehead atoms. The van der Waals surface area contributed by atoms with Crippen molar-refractivity contribution in [3.05, 3.63) is 48.0 Å². The summed E-state index contributed by atoms with van der Waals surface area (Å²) >= 11 is 0. The van der Waals surface area contributed by atoms with Crippen LogP contribution in [0.15, 0.2) is 47.5 Å². The van der Waals surface area contributed by atoms with Gasteiger partial charge in [0.2, 0.25) is 0 Å². The van der Waals surface area contributed by atoms with Gasteiger partial charge in [0.05, 0.1) is 10.5 Å². The molecule has 2 aromatic rings. The summed E-state index contributed by atoms with van der Waals surface area (Å²) in [4.78, 5) is 6.39. The Balaban J connectivity index is 0.00000261. The van der Waals surface area contributed by atoms with Crippen molar-refractivity contribution in [2.75, 3.05) is 32.4 Å². The monoisotopic (exact) mass is 501 g/mol. The minimum absolute atomic E-state index is 0. The van der Waals surface area contributed by atoms with Gasteiger partial charge in [0.25, 0.3) is 0 Å². The number of benzene rings is 2. The molecule has 0 radical (unpaired) electrons. The zero-order chi connectivity index (χ0) is 18.8. The summed E-state index contributed by atoms with van der Waals surface area (Å²) in [5, 5.41) is 5.88. The van der Waals surface area contributed by atoms with Crippen molar-refractivity contribution in [3.8, 4) is 0 Å². The average Bonchev–Trinajstić information content (AvgIpc) is 2.61. The molecule has 148 valence electrons. The summed E-state index contributed by atoms with van der Waals surface area (Å²) in [7, 11) is -1.30. The summed E-state index contributed by atoms with van der Waals surface area (Å²) < 4.78 is 23.6. The van der Waals surface area contributed by atoms with E-state index >= 15 is 0 Å². The van der Waals surface area contributed by atoms with Crippen LogP contribution in [0.3, 0.4) is 0 Å². The Bertz CT molecular complexity index is 926. The molecule has 0 unspecified atom stereocenters. The van der Waals surface area contributed by atoms with E-state index in [9.17, 15) is 8.42 Å². The second-order valence-electron chi connectivity index (χ2n) is 7.41. The molecule has 5 nitrogen and oxygen atoms in total. The predicted octanol–water partition coefficient (Wildman–Crippen LogP) is 3.08. The first-order valence-electron chi connectivity index (χ1n) is 8.98. The lowest BCUT2D eigenvalue weighted by atomic mass is 10.1. The fraction of sp³-hybridized carbons (Fsp3) is 0.450. The van der Waals surface area contributed by atoms with E-state index in [1.54, 1.807) is 20.9 Å². The molecular weight excluding hydrogens is 473 g/mol. The van der Waals surface area contributed by atoms with Crippen molar-refractivity contribution in [3.63, 3.8) is 0 Å². The molecular formula is C20H28IN3O2S. The van der Waals surface area contributed by atoms with Crippen molar-refractivity contribution < 1.29 is 8.42 Å². The summed E-state index contributed by atoms with van der Waals surface area (Å²) in [5.74, 6) is 0.944. The van der Waals surface area contributed by atoms with Crippen LogP contribution in [-0.4, -0.2) is 56.5 Å². The van der Waals surface area contributed by atoms with Crippen molar-refractivity contribution in [2.24, 2.45) is 4.99 Å². The summed E-state index contributed by atoms with van der Waals surface area (Å²) in [6, 6.07) is 14.9. The molecule has 1 fully saturated rings. The topological polar surface area (TPSA) is 61.8 Å². The van der Waals surface area contributed by atoms with Gasteiger partial charge >= 0.3 is 0 Å². The minimum atomic E-state index is -3.04. The molecule has 2 aromatic carbocycles. The molecule has 0 saturated carbocycles. The normalized spacial score (nSPS) is 18.8. The van der Waals surface area contributed by atoms with E-state index < -0.39 is 14.6 Å². The Kier molecular flexibility index (Phi) is 7.13. The van der Waals surface area contributed by atoms with Crippen molar-refractivity contribution in [1.29, 1.82) is 0 Å². The first kappa shape index (κ1) is 21.9. The molecule has 0 atom stereocenters. The molecule has 0 aliphatic carbocycles. The first-order valence-corrected chi connectivity index (χ1v) is 10.6. The molecule has 27 heavy (non-hydrogen) atoms. The summed E-state index contributed by atoms with van der Waals surface area (Å²) in [6.45, 7) is 5.29. The highest BCUT2D eigenvalue weighted by Crippen LogP contribution is 2.23. The minimum Gasteiger partial charge on any atom is -0.356 e. The first-order chi connectivity index (χ1) is 12.3. The van der Waals surface area contributed by atoms with Crippen LogP contribution >= 0.6 is 24.0 Å². The molecule has 3 rings (SSSR count). The maximum atomic E-state index is 12.2. The molecule has 1 aliphatic rings. The highest BCUT2D eigenvalue weighted by Gasteiger charge is 2.40. The largest absolute Gasteiger partial charge is 0.356 e. The number of rotatable bonds is 3. The van der Waals surface area contributed by atoms with Crippen LogP contribution in [0.1, 0.15) is 19.4 Å². The Labute approximate surface area is 179 Å². The zero-order valence-corrected chi connectivity index (χ0v) is 19.3. The van der Waals surface area contributed by atoms with Crippen LogP contribution < -0.4 is 5.32 Å². The quantitative estimate of drug-likeness (QED) is 0.399. The third-order valence-corrected chi connectivity index (χ3v) is 7.60. The van der Waals surface area contributed by atoms with E-state index in [2.05, 4.69) is 46.7 Å². The van der Waals surface area contributed by atoms with Crippen LogP contribution in [0, 0.1) is 0 Å². The Morgan fingerprint density at radius 1 is 1.19 bits per heavy atom. The van der Waals surface area contributed by atoms with E-state index in [4.69, 9.17) is 0 Å². The molecule has 1 heterocycles. The van der Waals surface area contributed by atoms with Gasteiger partial charge in [-0.05, 0) is 36.6 Å². The number of sulfone groups is 1. The molecule has 0 amide bonds. The molecule has 1 saturated heterocycles. The van der Waals surface area contributed by atoms with Gasteiger partial charge in [-0.3, -0.25) is 4.99 Å². The van der Waals surface area contributed by atoms with E-state index in [0.717, 1.165) is 18.9 Å². The molecule has 0 aromatic heterocycles. The molecule has 0 spiro atoms. The Morgan fingerprint density at radius 3 is 2.56 bits per heavy atom. The van der Waals surface area contributed by atoms with Crippen LogP contribution in [0.2, 0.25) is 0 Å². The second kappa shape index (κ2) is 8.77. The van der Waals surface area contributed by atoms with E-state index in [0.29, 0.717) is 13.1 Å². The summed E-state index contributed by atoms with van der Waals surface area (Å²) in [5.41, 5.74) is 1.27. The van der Waals surface area contributed by atoms with E-state index in [1.807, 2.05) is 11.0 Å². The van der Waals surface area contributed by atoms with Gasteiger partial charge in [-0.15, -0.1) is 24.0 Å². The SMILES string of the molecule is CN=C(NCCc1ccc2ccccc2c1)N1CCS(=O)(=O)C(C)(C)C1.I. The van der Waals surface area contributed by atoms with Gasteiger partial charge in [-0.25, -0.2) is 8.42 Å². The second-order valence-corrected chi connectivity index (χ2v) is 10.1. The number of nitrogens with zero attached hydrogens (tertiary/aromatic N) is 2. The van der Waals surface area contributed by atoms with Crippen molar-refractivity contribution in [1.82, 2.24) is 10.2 Å². The van der Waals surface area contributed by atoms with E-state index in [1.165, 1.54) is 16.3 Å². The smallest absolute Gasteiger partial charge is 0.193 e. The lowest BCUT2D eigenvalue weighted by molar-refractivity contribution is 0.353. The van der Waals surface area contributed by atoms with Crippen LogP contribution in [0.5, 0.6) is 0 Å². The number of fused-ring (bicyclic) bond motifs is 1. The number of aliphatic imine (C=N–C) groups is 1. The number of guanidine groups is 1. The van der Waals surface area contributed by atoms with Gasteiger partial charge < -0.3 is 10.2 Å². The third kappa shape index (κ3) is 4.93. The zero-order valence-electron chi connectivity index (χ0n) is 16.1. The van der Waals surface area contributed by atoms with Crippen LogP contribution in [-0.2, 0) is 16.3 Å². The van der Waals surface area contributed by atoms with Gasteiger partial charge in [0.1, 0.15) is 0 Å². The number of hydrogen-bond acceptors (Lipinski definition) is 3. The molecule has 1 N–H and O–H groups in total. The maximum Gasteiger partial charge on any atom is 0.193 e. The van der Waals surface area contributed by atoms with Gasteiger partial charge in [0, 0.05) is 26.7 Å². The fourth-order valence-electron chi connectivity index (χ4n) is 3.37. The highest BCUT2D eigenvalue weighted by atomic mass is 127.